The smallest absolute Gasteiger partial charge is 0.147 e. The first-order chi connectivity index (χ1) is 6.74. The Morgan fingerprint density at radius 1 is 1.50 bits per heavy atom. The average Bonchev–Trinajstić information content (AvgIpc) is 2.53. The number of benzene rings is 1. The molecule has 0 amide bonds. The van der Waals surface area contributed by atoms with E-state index in [1.807, 2.05) is 24.4 Å². The van der Waals surface area contributed by atoms with Gasteiger partial charge >= 0.3 is 0 Å². The molecule has 0 N–H and O–H groups in total. The number of hydrogen-bond donors (Lipinski definition) is 0. The number of halogens is 2. The summed E-state index contributed by atoms with van der Waals surface area (Å²) in [5, 5.41) is 3.78. The predicted octanol–water partition coefficient (Wildman–Crippen LogP) is 4.72. The minimum Gasteiger partial charge on any atom is -0.492 e. The molecule has 14 heavy (non-hydrogen) atoms. The van der Waals surface area contributed by atoms with Crippen LogP contribution in [0.1, 0.15) is 6.92 Å². The topological polar surface area (TPSA) is 9.23 Å². The Balaban J connectivity index is 2.73. The zero-order valence-electron chi connectivity index (χ0n) is 7.51. The van der Waals surface area contributed by atoms with Gasteiger partial charge in [0.2, 0.25) is 0 Å². The third-order valence-electron chi connectivity index (χ3n) is 1.89. The van der Waals surface area contributed by atoms with Crippen LogP contribution in [0.2, 0.25) is 5.02 Å². The number of rotatable bonds is 2. The van der Waals surface area contributed by atoms with Crippen molar-refractivity contribution in [1.29, 1.82) is 0 Å². The standard InChI is InChI=1S/C10H8BrClOS/c1-2-13-10-7(12)3-4-8-9(10)6(11)5-14-8/h3-5H,2H2,1H3. The minimum absolute atomic E-state index is 0.626. The van der Waals surface area contributed by atoms with E-state index in [9.17, 15) is 0 Å². The largest absolute Gasteiger partial charge is 0.492 e. The lowest BCUT2D eigenvalue weighted by molar-refractivity contribution is 0.344. The average molecular weight is 292 g/mol. The number of fused-ring (bicyclic) bond motifs is 1. The molecule has 74 valence electrons. The van der Waals surface area contributed by atoms with Gasteiger partial charge in [0.05, 0.1) is 17.0 Å². The van der Waals surface area contributed by atoms with Gasteiger partial charge in [-0.05, 0) is 35.0 Å². The van der Waals surface area contributed by atoms with Crippen molar-refractivity contribution in [3.63, 3.8) is 0 Å². The van der Waals surface area contributed by atoms with Crippen LogP contribution in [0.15, 0.2) is 22.0 Å². The SMILES string of the molecule is CCOc1c(Cl)ccc2scc(Br)c12. The summed E-state index contributed by atoms with van der Waals surface area (Å²) >= 11 is 11.2. The maximum atomic E-state index is 6.07. The highest BCUT2D eigenvalue weighted by Gasteiger charge is 2.11. The number of ether oxygens (including phenoxy) is 1. The van der Waals surface area contributed by atoms with Gasteiger partial charge < -0.3 is 4.74 Å². The van der Waals surface area contributed by atoms with Crippen LogP contribution in [0.5, 0.6) is 5.75 Å². The number of thiophene rings is 1. The lowest BCUT2D eigenvalue weighted by atomic mass is 10.2. The first kappa shape index (κ1) is 10.3. The Bertz CT molecular complexity index is 466. The summed E-state index contributed by atoms with van der Waals surface area (Å²) in [5.41, 5.74) is 0. The molecule has 1 aromatic heterocycles. The summed E-state index contributed by atoms with van der Waals surface area (Å²) < 4.78 is 7.76. The Morgan fingerprint density at radius 3 is 3.00 bits per heavy atom. The van der Waals surface area contributed by atoms with Gasteiger partial charge in [0.25, 0.3) is 0 Å². The zero-order chi connectivity index (χ0) is 10.1. The Kier molecular flexibility index (Phi) is 3.00. The Morgan fingerprint density at radius 2 is 2.29 bits per heavy atom. The van der Waals surface area contributed by atoms with Gasteiger partial charge in [-0.25, -0.2) is 0 Å². The second-order valence-corrected chi connectivity index (χ2v) is 4.94. The predicted molar refractivity (Wildman–Crippen MR) is 65.7 cm³/mol. The third kappa shape index (κ3) is 1.64. The molecular weight excluding hydrogens is 284 g/mol. The molecule has 4 heteroatoms. The summed E-state index contributed by atoms with van der Waals surface area (Å²) in [6.07, 6.45) is 0. The van der Waals surface area contributed by atoms with Crippen molar-refractivity contribution in [2.24, 2.45) is 0 Å². The van der Waals surface area contributed by atoms with Crippen molar-refractivity contribution < 1.29 is 4.74 Å². The molecule has 1 aromatic carbocycles. The second kappa shape index (κ2) is 4.09. The van der Waals surface area contributed by atoms with Crippen molar-refractivity contribution in [2.75, 3.05) is 6.61 Å². The van der Waals surface area contributed by atoms with Crippen LogP contribution in [-0.4, -0.2) is 6.61 Å². The van der Waals surface area contributed by atoms with Crippen LogP contribution in [0.4, 0.5) is 0 Å². The summed E-state index contributed by atoms with van der Waals surface area (Å²) in [5.74, 6) is 0.778. The highest BCUT2D eigenvalue weighted by atomic mass is 79.9. The van der Waals surface area contributed by atoms with Crippen LogP contribution < -0.4 is 4.74 Å². The highest BCUT2D eigenvalue weighted by molar-refractivity contribution is 9.10. The van der Waals surface area contributed by atoms with Crippen molar-refractivity contribution >= 4 is 49.0 Å². The molecule has 0 radical (unpaired) electrons. The van der Waals surface area contributed by atoms with Crippen molar-refractivity contribution in [3.05, 3.63) is 27.0 Å². The molecule has 0 fully saturated rings. The van der Waals surface area contributed by atoms with Gasteiger partial charge in [0.1, 0.15) is 5.75 Å². The van der Waals surface area contributed by atoms with Gasteiger partial charge in [0, 0.05) is 14.6 Å². The van der Waals surface area contributed by atoms with E-state index in [0.717, 1.165) is 15.6 Å². The van der Waals surface area contributed by atoms with Gasteiger partial charge in [-0.1, -0.05) is 11.6 Å². The molecule has 2 aromatic rings. The normalized spacial score (nSPS) is 10.8. The van der Waals surface area contributed by atoms with E-state index in [2.05, 4.69) is 15.9 Å². The van der Waals surface area contributed by atoms with Crippen LogP contribution in [0.25, 0.3) is 10.1 Å². The van der Waals surface area contributed by atoms with Gasteiger partial charge in [-0.2, -0.15) is 0 Å². The molecule has 0 saturated heterocycles. The van der Waals surface area contributed by atoms with Gasteiger partial charge in [0.15, 0.2) is 0 Å². The van der Waals surface area contributed by atoms with Crippen LogP contribution in [-0.2, 0) is 0 Å². The fraction of sp³-hybridized carbons (Fsp3) is 0.200. The maximum absolute atomic E-state index is 6.07. The van der Waals surface area contributed by atoms with E-state index in [-0.39, 0.29) is 0 Å². The highest BCUT2D eigenvalue weighted by Crippen LogP contribution is 2.41. The molecular formula is C10H8BrClOS. The first-order valence-corrected chi connectivity index (χ1v) is 6.27. The third-order valence-corrected chi connectivity index (χ3v) is 4.06. The molecule has 0 atom stereocenters. The van der Waals surface area contributed by atoms with Gasteiger partial charge in [-0.15, -0.1) is 11.3 Å². The van der Waals surface area contributed by atoms with Crippen LogP contribution in [0.3, 0.4) is 0 Å². The molecule has 0 aliphatic rings. The van der Waals surface area contributed by atoms with Crippen LogP contribution in [0, 0.1) is 0 Å². The molecule has 0 unspecified atom stereocenters. The summed E-state index contributed by atoms with van der Waals surface area (Å²) in [6.45, 7) is 2.58. The first-order valence-electron chi connectivity index (χ1n) is 4.22. The lowest BCUT2D eigenvalue weighted by Gasteiger charge is -2.07. The summed E-state index contributed by atoms with van der Waals surface area (Å²) in [4.78, 5) is 0. The quantitative estimate of drug-likeness (QED) is 0.778. The van der Waals surface area contributed by atoms with Crippen molar-refractivity contribution in [1.82, 2.24) is 0 Å². The summed E-state index contributed by atoms with van der Waals surface area (Å²) in [6, 6.07) is 3.88. The fourth-order valence-electron chi connectivity index (χ4n) is 1.32. The van der Waals surface area contributed by atoms with Crippen molar-refractivity contribution in [3.8, 4) is 5.75 Å². The van der Waals surface area contributed by atoms with E-state index in [0.29, 0.717) is 11.6 Å². The summed E-state index contributed by atoms with van der Waals surface area (Å²) in [7, 11) is 0. The van der Waals surface area contributed by atoms with Crippen LogP contribution >= 0.6 is 38.9 Å². The lowest BCUT2D eigenvalue weighted by Crippen LogP contribution is -1.92. The molecule has 0 aliphatic carbocycles. The maximum Gasteiger partial charge on any atom is 0.147 e. The molecule has 0 bridgehead atoms. The minimum atomic E-state index is 0.626. The zero-order valence-corrected chi connectivity index (χ0v) is 10.7. The molecule has 1 heterocycles. The Hall–Kier alpha value is -0.250. The number of hydrogen-bond acceptors (Lipinski definition) is 2. The molecule has 0 spiro atoms. The monoisotopic (exact) mass is 290 g/mol. The second-order valence-electron chi connectivity index (χ2n) is 2.77. The van der Waals surface area contributed by atoms with E-state index in [1.165, 1.54) is 4.70 Å². The molecule has 2 rings (SSSR count). The Labute approximate surface area is 99.8 Å². The molecule has 1 nitrogen and oxygen atoms in total. The van der Waals surface area contributed by atoms with Crippen molar-refractivity contribution in [2.45, 2.75) is 6.92 Å². The van der Waals surface area contributed by atoms with E-state index < -0.39 is 0 Å². The van der Waals surface area contributed by atoms with E-state index in [1.54, 1.807) is 11.3 Å². The van der Waals surface area contributed by atoms with E-state index >= 15 is 0 Å². The molecule has 0 aliphatic heterocycles. The molecule has 0 saturated carbocycles. The van der Waals surface area contributed by atoms with E-state index in [4.69, 9.17) is 16.3 Å². The van der Waals surface area contributed by atoms with Gasteiger partial charge in [-0.3, -0.25) is 0 Å². The fourth-order valence-corrected chi connectivity index (χ4v) is 3.16.